The number of carbonyl (C=O) groups excluding carboxylic acids is 1. The molecule has 2 heterocycles. The molecule has 0 aromatic carbocycles. The summed E-state index contributed by atoms with van der Waals surface area (Å²) in [7, 11) is 0. The number of rotatable bonds is 4. The maximum absolute atomic E-state index is 11.9. The van der Waals surface area contributed by atoms with Crippen LogP contribution >= 0.6 is 11.3 Å². The van der Waals surface area contributed by atoms with Crippen LogP contribution < -0.4 is 5.73 Å². The molecule has 3 nitrogen and oxygen atoms in total. The fraction of sp³-hybridized carbons (Fsp3) is 0.167. The minimum absolute atomic E-state index is 0.0236. The summed E-state index contributed by atoms with van der Waals surface area (Å²) in [5.74, 6) is 0.0236. The molecule has 0 aliphatic rings. The molecule has 82 valence electrons. The highest BCUT2D eigenvalue weighted by atomic mass is 32.1. The third-order valence-corrected chi connectivity index (χ3v) is 3.25. The van der Waals surface area contributed by atoms with Crippen LogP contribution in [0.2, 0.25) is 0 Å². The van der Waals surface area contributed by atoms with Crippen LogP contribution in [0.25, 0.3) is 0 Å². The van der Waals surface area contributed by atoms with E-state index in [2.05, 4.69) is 4.98 Å². The van der Waals surface area contributed by atoms with Gasteiger partial charge in [-0.3, -0.25) is 9.78 Å². The van der Waals surface area contributed by atoms with Gasteiger partial charge in [0.2, 0.25) is 0 Å². The van der Waals surface area contributed by atoms with E-state index in [4.69, 9.17) is 5.73 Å². The molecule has 1 atom stereocenters. The van der Waals surface area contributed by atoms with Crippen molar-refractivity contribution in [3.05, 3.63) is 52.5 Å². The lowest BCUT2D eigenvalue weighted by atomic mass is 10.0. The van der Waals surface area contributed by atoms with Crippen LogP contribution in [0.15, 0.2) is 42.0 Å². The van der Waals surface area contributed by atoms with Crippen molar-refractivity contribution in [2.24, 2.45) is 5.73 Å². The predicted molar refractivity (Wildman–Crippen MR) is 64.2 cm³/mol. The van der Waals surface area contributed by atoms with Gasteiger partial charge >= 0.3 is 0 Å². The van der Waals surface area contributed by atoms with Crippen molar-refractivity contribution < 1.29 is 4.79 Å². The molecule has 0 radical (unpaired) electrons. The Morgan fingerprint density at radius 2 is 2.31 bits per heavy atom. The average Bonchev–Trinajstić information content (AvgIpc) is 2.83. The van der Waals surface area contributed by atoms with Crippen molar-refractivity contribution in [1.29, 1.82) is 0 Å². The van der Waals surface area contributed by atoms with Crippen LogP contribution in [-0.2, 0) is 11.2 Å². The standard InChI is InChI=1S/C12H12N2OS/c13-12(11-4-2-6-16-11)10(15)7-9-3-1-5-14-8-9/h1-6,8,12H,7,13H2. The molecule has 0 fully saturated rings. The van der Waals surface area contributed by atoms with E-state index in [1.54, 1.807) is 12.4 Å². The van der Waals surface area contributed by atoms with Crippen molar-refractivity contribution >= 4 is 17.1 Å². The number of thiophene rings is 1. The van der Waals surface area contributed by atoms with Gasteiger partial charge in [-0.25, -0.2) is 0 Å². The molecular weight excluding hydrogens is 220 g/mol. The number of aromatic nitrogens is 1. The summed E-state index contributed by atoms with van der Waals surface area (Å²) in [5.41, 5.74) is 6.77. The van der Waals surface area contributed by atoms with Crippen molar-refractivity contribution in [2.75, 3.05) is 0 Å². The third kappa shape index (κ3) is 2.53. The number of pyridine rings is 1. The molecule has 2 aromatic rings. The van der Waals surface area contributed by atoms with Crippen molar-refractivity contribution in [2.45, 2.75) is 12.5 Å². The summed E-state index contributed by atoms with van der Waals surface area (Å²) in [4.78, 5) is 16.7. The van der Waals surface area contributed by atoms with Crippen LogP contribution in [0.5, 0.6) is 0 Å². The highest BCUT2D eigenvalue weighted by molar-refractivity contribution is 7.10. The lowest BCUT2D eigenvalue weighted by molar-refractivity contribution is -0.119. The van der Waals surface area contributed by atoms with Gasteiger partial charge in [0.25, 0.3) is 0 Å². The largest absolute Gasteiger partial charge is 0.317 e. The Kier molecular flexibility index (Phi) is 3.44. The van der Waals surface area contributed by atoms with Crippen LogP contribution in [-0.4, -0.2) is 10.8 Å². The van der Waals surface area contributed by atoms with Gasteiger partial charge in [-0.15, -0.1) is 11.3 Å². The number of nitrogens with zero attached hydrogens (tertiary/aromatic N) is 1. The topological polar surface area (TPSA) is 56.0 Å². The Bertz CT molecular complexity index is 453. The number of hydrogen-bond donors (Lipinski definition) is 1. The second kappa shape index (κ2) is 5.01. The molecule has 0 bridgehead atoms. The molecule has 0 aliphatic carbocycles. The molecule has 0 saturated carbocycles. The summed E-state index contributed by atoms with van der Waals surface area (Å²) in [6.07, 6.45) is 3.72. The number of hydrogen-bond acceptors (Lipinski definition) is 4. The zero-order chi connectivity index (χ0) is 11.4. The van der Waals surface area contributed by atoms with Crippen LogP contribution in [0, 0.1) is 0 Å². The SMILES string of the molecule is NC(C(=O)Cc1cccnc1)c1cccs1. The second-order valence-corrected chi connectivity index (χ2v) is 4.48. The zero-order valence-electron chi connectivity index (χ0n) is 8.67. The van der Waals surface area contributed by atoms with Crippen molar-refractivity contribution in [3.8, 4) is 0 Å². The maximum atomic E-state index is 11.9. The Hall–Kier alpha value is -1.52. The highest BCUT2D eigenvalue weighted by Crippen LogP contribution is 2.18. The molecule has 16 heavy (non-hydrogen) atoms. The van der Waals surface area contributed by atoms with Gasteiger partial charge < -0.3 is 5.73 Å². The zero-order valence-corrected chi connectivity index (χ0v) is 9.48. The Morgan fingerprint density at radius 1 is 1.44 bits per heavy atom. The first kappa shape index (κ1) is 11.0. The van der Waals surface area contributed by atoms with E-state index in [0.29, 0.717) is 6.42 Å². The molecule has 4 heteroatoms. The number of carbonyl (C=O) groups is 1. The summed E-state index contributed by atoms with van der Waals surface area (Å²) < 4.78 is 0. The first-order valence-electron chi connectivity index (χ1n) is 4.98. The maximum Gasteiger partial charge on any atom is 0.159 e. The number of nitrogens with two attached hydrogens (primary N) is 1. The van der Waals surface area contributed by atoms with Crippen molar-refractivity contribution in [3.63, 3.8) is 0 Å². The molecular formula is C12H12N2OS. The smallest absolute Gasteiger partial charge is 0.159 e. The van der Waals surface area contributed by atoms with E-state index in [1.807, 2.05) is 29.6 Å². The van der Waals surface area contributed by atoms with E-state index in [-0.39, 0.29) is 5.78 Å². The van der Waals surface area contributed by atoms with Gasteiger partial charge in [0, 0.05) is 23.7 Å². The fourth-order valence-electron chi connectivity index (χ4n) is 1.44. The van der Waals surface area contributed by atoms with Gasteiger partial charge in [0.05, 0.1) is 6.04 Å². The van der Waals surface area contributed by atoms with Gasteiger partial charge in [-0.2, -0.15) is 0 Å². The van der Waals surface area contributed by atoms with E-state index < -0.39 is 6.04 Å². The summed E-state index contributed by atoms with van der Waals surface area (Å²) >= 11 is 1.51. The van der Waals surface area contributed by atoms with Crippen molar-refractivity contribution in [1.82, 2.24) is 4.98 Å². The minimum atomic E-state index is -0.514. The minimum Gasteiger partial charge on any atom is -0.317 e. The number of Topliss-reactive ketones (excluding diaryl/α,β-unsaturated/α-hetero) is 1. The molecule has 0 spiro atoms. The molecule has 1 unspecified atom stereocenters. The van der Waals surface area contributed by atoms with E-state index in [0.717, 1.165) is 10.4 Å². The lowest BCUT2D eigenvalue weighted by Gasteiger charge is -2.07. The number of ketones is 1. The third-order valence-electron chi connectivity index (χ3n) is 2.30. The Morgan fingerprint density at radius 3 is 2.94 bits per heavy atom. The molecule has 0 saturated heterocycles. The first-order valence-corrected chi connectivity index (χ1v) is 5.86. The average molecular weight is 232 g/mol. The fourth-order valence-corrected chi connectivity index (χ4v) is 2.19. The van der Waals surface area contributed by atoms with Crippen LogP contribution in [0.1, 0.15) is 16.5 Å². The summed E-state index contributed by atoms with van der Waals surface area (Å²) in [5, 5.41) is 1.92. The van der Waals surface area contributed by atoms with Gasteiger partial charge in [0.15, 0.2) is 5.78 Å². The monoisotopic (exact) mass is 232 g/mol. The summed E-state index contributed by atoms with van der Waals surface area (Å²) in [6.45, 7) is 0. The Balaban J connectivity index is 2.04. The van der Waals surface area contributed by atoms with Gasteiger partial charge in [-0.05, 0) is 23.1 Å². The molecule has 2 aromatic heterocycles. The van der Waals surface area contributed by atoms with Crippen LogP contribution in [0.3, 0.4) is 0 Å². The first-order chi connectivity index (χ1) is 7.77. The van der Waals surface area contributed by atoms with E-state index >= 15 is 0 Å². The predicted octanol–water partition coefficient (Wildman–Crippen LogP) is 1.95. The summed E-state index contributed by atoms with van der Waals surface area (Å²) in [6, 6.07) is 6.97. The molecule has 0 aliphatic heterocycles. The molecule has 2 N–H and O–H groups in total. The van der Waals surface area contributed by atoms with E-state index in [1.165, 1.54) is 11.3 Å². The van der Waals surface area contributed by atoms with Gasteiger partial charge in [0.1, 0.15) is 0 Å². The van der Waals surface area contributed by atoms with E-state index in [9.17, 15) is 4.79 Å². The quantitative estimate of drug-likeness (QED) is 0.876. The normalized spacial score (nSPS) is 12.3. The van der Waals surface area contributed by atoms with Gasteiger partial charge in [-0.1, -0.05) is 12.1 Å². The highest BCUT2D eigenvalue weighted by Gasteiger charge is 2.16. The Labute approximate surface area is 97.9 Å². The molecule has 0 amide bonds. The van der Waals surface area contributed by atoms with Crippen LogP contribution in [0.4, 0.5) is 0 Å². The lowest BCUT2D eigenvalue weighted by Crippen LogP contribution is -2.22. The molecule has 2 rings (SSSR count). The second-order valence-electron chi connectivity index (χ2n) is 3.50.